The normalized spacial score (nSPS) is 31.8. The van der Waals surface area contributed by atoms with Crippen molar-refractivity contribution >= 4 is 5.78 Å². The second-order valence-electron chi connectivity index (χ2n) is 7.17. The summed E-state index contributed by atoms with van der Waals surface area (Å²) in [5.74, 6) is 1.46. The molecule has 0 aromatic heterocycles. The highest BCUT2D eigenvalue weighted by atomic mass is 16.5. The number of fused-ring (bicyclic) bond motifs is 1. The molecule has 3 unspecified atom stereocenters. The second kappa shape index (κ2) is 5.24. The van der Waals surface area contributed by atoms with Crippen molar-refractivity contribution in [1.82, 2.24) is 4.90 Å². The maximum atomic E-state index is 12.4. The van der Waals surface area contributed by atoms with E-state index in [1.807, 2.05) is 18.2 Å². The molecule has 1 aromatic rings. The number of methoxy groups -OCH3 is 2. The van der Waals surface area contributed by atoms with Crippen molar-refractivity contribution in [2.75, 3.05) is 27.8 Å². The van der Waals surface area contributed by atoms with Gasteiger partial charge in [0.25, 0.3) is 0 Å². The van der Waals surface area contributed by atoms with Crippen molar-refractivity contribution in [3.8, 4) is 11.5 Å². The first kappa shape index (κ1) is 15.5. The Morgan fingerprint density at radius 1 is 1.25 bits per heavy atom. The molecule has 1 aromatic carbocycles. The molecule has 0 saturated carbocycles. The molecule has 3 aliphatic rings. The number of carbonyl (C=O) groups is 1. The fourth-order valence-corrected chi connectivity index (χ4v) is 4.96. The summed E-state index contributed by atoms with van der Waals surface area (Å²) in [6, 6.07) is 4.09. The van der Waals surface area contributed by atoms with Gasteiger partial charge in [0.05, 0.1) is 14.2 Å². The number of ether oxygens (including phenoxy) is 2. The number of aromatic hydroxyl groups is 1. The van der Waals surface area contributed by atoms with E-state index < -0.39 is 0 Å². The molecule has 5 heteroatoms. The van der Waals surface area contributed by atoms with E-state index in [-0.39, 0.29) is 22.9 Å². The van der Waals surface area contributed by atoms with Gasteiger partial charge in [-0.15, -0.1) is 0 Å². The smallest absolute Gasteiger partial charge is 0.197 e. The molecule has 3 atom stereocenters. The Labute approximate surface area is 141 Å². The van der Waals surface area contributed by atoms with Crippen LogP contribution in [0.3, 0.4) is 0 Å². The molecular weight excluding hydrogens is 306 g/mol. The van der Waals surface area contributed by atoms with Gasteiger partial charge in [-0.1, -0.05) is 0 Å². The van der Waals surface area contributed by atoms with Crippen LogP contribution in [0.2, 0.25) is 0 Å². The van der Waals surface area contributed by atoms with Gasteiger partial charge in [-0.25, -0.2) is 0 Å². The number of piperidine rings is 1. The van der Waals surface area contributed by atoms with E-state index in [1.54, 1.807) is 14.2 Å². The van der Waals surface area contributed by atoms with Crippen LogP contribution in [0.5, 0.6) is 11.5 Å². The zero-order valence-corrected chi connectivity index (χ0v) is 14.3. The summed E-state index contributed by atoms with van der Waals surface area (Å²) in [6.07, 6.45) is 4.33. The number of Topliss-reactive ketones (excluding diaryl/α,β-unsaturated/α-hetero) is 1. The van der Waals surface area contributed by atoms with Crippen molar-refractivity contribution in [3.63, 3.8) is 0 Å². The summed E-state index contributed by atoms with van der Waals surface area (Å²) in [5, 5.41) is 10.2. The van der Waals surface area contributed by atoms with E-state index in [9.17, 15) is 9.90 Å². The topological polar surface area (TPSA) is 59.0 Å². The van der Waals surface area contributed by atoms with Crippen LogP contribution in [-0.4, -0.2) is 49.6 Å². The third-order valence-electron chi connectivity index (χ3n) is 6.19. The minimum absolute atomic E-state index is 0.0904. The Hall–Kier alpha value is -2.01. The molecule has 1 N–H and O–H groups in total. The zero-order chi connectivity index (χ0) is 17.1. The van der Waals surface area contributed by atoms with Crippen molar-refractivity contribution in [3.05, 3.63) is 35.1 Å². The molecule has 0 radical (unpaired) electrons. The Kier molecular flexibility index (Phi) is 3.39. The summed E-state index contributed by atoms with van der Waals surface area (Å²) in [4.78, 5) is 14.8. The molecule has 0 amide bonds. The lowest BCUT2D eigenvalue weighted by Crippen LogP contribution is -2.60. The highest BCUT2D eigenvalue weighted by molar-refractivity contribution is 5.95. The molecule has 1 fully saturated rings. The fraction of sp³-hybridized carbons (Fsp3) is 0.526. The van der Waals surface area contributed by atoms with Crippen molar-refractivity contribution in [2.24, 2.45) is 5.92 Å². The SMILES string of the molecule is COC1=CC23CCN(C)C(Cc4cc(O)c(OC)cc42)C3CC1=O. The quantitative estimate of drug-likeness (QED) is 0.899. The van der Waals surface area contributed by atoms with Gasteiger partial charge >= 0.3 is 0 Å². The zero-order valence-electron chi connectivity index (χ0n) is 14.3. The highest BCUT2D eigenvalue weighted by Crippen LogP contribution is 2.55. The predicted octanol–water partition coefficient (Wildman–Crippen LogP) is 2.02. The van der Waals surface area contributed by atoms with Crippen molar-refractivity contribution in [2.45, 2.75) is 30.7 Å². The van der Waals surface area contributed by atoms with Crippen molar-refractivity contribution < 1.29 is 19.4 Å². The Morgan fingerprint density at radius 3 is 2.75 bits per heavy atom. The third kappa shape index (κ3) is 1.94. The first-order valence-electron chi connectivity index (χ1n) is 8.41. The molecule has 5 nitrogen and oxygen atoms in total. The molecule has 2 bridgehead atoms. The lowest BCUT2D eigenvalue weighted by atomic mass is 9.54. The molecule has 1 saturated heterocycles. The number of likely N-dealkylation sites (N-methyl/N-ethyl adjacent to an activating group) is 1. The van der Waals surface area contributed by atoms with Gasteiger partial charge < -0.3 is 19.5 Å². The van der Waals surface area contributed by atoms with Crippen LogP contribution in [0.4, 0.5) is 0 Å². The van der Waals surface area contributed by atoms with Crippen LogP contribution < -0.4 is 4.74 Å². The summed E-state index contributed by atoms with van der Waals surface area (Å²) in [6.45, 7) is 0.978. The van der Waals surface area contributed by atoms with E-state index in [4.69, 9.17) is 9.47 Å². The van der Waals surface area contributed by atoms with E-state index in [0.29, 0.717) is 24.0 Å². The minimum atomic E-state index is -0.217. The number of rotatable bonds is 2. The summed E-state index contributed by atoms with van der Waals surface area (Å²) >= 11 is 0. The van der Waals surface area contributed by atoms with Crippen LogP contribution in [0.1, 0.15) is 24.0 Å². The van der Waals surface area contributed by atoms with Crippen LogP contribution in [0.15, 0.2) is 24.0 Å². The van der Waals surface area contributed by atoms with Gasteiger partial charge in [0.1, 0.15) is 0 Å². The van der Waals surface area contributed by atoms with Crippen LogP contribution >= 0.6 is 0 Å². The van der Waals surface area contributed by atoms with Crippen LogP contribution in [0.25, 0.3) is 0 Å². The number of ketones is 1. The minimum Gasteiger partial charge on any atom is -0.504 e. The molecular formula is C19H23NO4. The number of phenols is 1. The number of allylic oxidation sites excluding steroid dienone is 2. The average molecular weight is 329 g/mol. The van der Waals surface area contributed by atoms with E-state index >= 15 is 0 Å². The third-order valence-corrected chi connectivity index (χ3v) is 6.19. The lowest BCUT2D eigenvalue weighted by molar-refractivity contribution is -0.122. The highest BCUT2D eigenvalue weighted by Gasteiger charge is 2.55. The van der Waals surface area contributed by atoms with Gasteiger partial charge in [0, 0.05) is 17.9 Å². The number of hydrogen-bond acceptors (Lipinski definition) is 5. The second-order valence-corrected chi connectivity index (χ2v) is 7.17. The predicted molar refractivity (Wildman–Crippen MR) is 89.3 cm³/mol. The Balaban J connectivity index is 1.97. The fourth-order valence-electron chi connectivity index (χ4n) is 4.96. The molecule has 0 spiro atoms. The molecule has 1 aliphatic heterocycles. The maximum Gasteiger partial charge on any atom is 0.197 e. The summed E-state index contributed by atoms with van der Waals surface area (Å²) < 4.78 is 10.7. The number of benzene rings is 1. The standard InChI is InChI=1S/C19H23NO4/c1-20-5-4-19-10-18(24-3)16(22)8-13(19)14(20)6-11-7-15(21)17(23-2)9-12(11)19/h7,9-10,13-14,21H,4-6,8H2,1-3H3. The van der Waals surface area contributed by atoms with Gasteiger partial charge in [-0.3, -0.25) is 4.79 Å². The summed E-state index contributed by atoms with van der Waals surface area (Å²) in [7, 11) is 5.26. The first-order chi connectivity index (χ1) is 11.5. The molecule has 24 heavy (non-hydrogen) atoms. The first-order valence-corrected chi connectivity index (χ1v) is 8.41. The molecule has 1 heterocycles. The van der Waals surface area contributed by atoms with Crippen LogP contribution in [-0.2, 0) is 21.4 Å². The van der Waals surface area contributed by atoms with E-state index in [0.717, 1.165) is 24.9 Å². The molecule has 4 rings (SSSR count). The summed E-state index contributed by atoms with van der Waals surface area (Å²) in [5.41, 5.74) is 2.10. The monoisotopic (exact) mass is 329 g/mol. The van der Waals surface area contributed by atoms with Crippen LogP contribution in [0, 0.1) is 5.92 Å². The largest absolute Gasteiger partial charge is 0.504 e. The maximum absolute atomic E-state index is 12.4. The number of phenolic OH excluding ortho intramolecular Hbond substituents is 1. The van der Waals surface area contributed by atoms with Crippen molar-refractivity contribution in [1.29, 1.82) is 0 Å². The van der Waals surface area contributed by atoms with E-state index in [1.165, 1.54) is 5.56 Å². The number of likely N-dealkylation sites (tertiary alicyclic amines) is 1. The number of nitrogens with zero attached hydrogens (tertiary/aromatic N) is 1. The van der Waals surface area contributed by atoms with Gasteiger partial charge in [-0.05, 0) is 61.7 Å². The Bertz CT molecular complexity index is 741. The van der Waals surface area contributed by atoms with E-state index in [2.05, 4.69) is 11.9 Å². The number of hydrogen-bond donors (Lipinski definition) is 1. The van der Waals surface area contributed by atoms with Gasteiger partial charge in [-0.2, -0.15) is 0 Å². The Morgan fingerprint density at radius 2 is 2.04 bits per heavy atom. The lowest BCUT2D eigenvalue weighted by Gasteiger charge is -2.56. The number of carbonyl (C=O) groups excluding carboxylic acids is 1. The average Bonchev–Trinajstić information content (AvgIpc) is 2.57. The van der Waals surface area contributed by atoms with Gasteiger partial charge in [0.15, 0.2) is 23.0 Å². The molecule has 128 valence electrons. The molecule has 2 aliphatic carbocycles. The van der Waals surface area contributed by atoms with Gasteiger partial charge in [0.2, 0.25) is 0 Å².